The molecule has 1 atom stereocenters. The molecule has 0 aromatic heterocycles. The first kappa shape index (κ1) is 15.1. The first-order valence-corrected chi connectivity index (χ1v) is 6.80. The number of amides is 1. The summed E-state index contributed by atoms with van der Waals surface area (Å²) in [6, 6.07) is 7.40. The Hall–Kier alpha value is -2.30. The third-order valence-electron chi connectivity index (χ3n) is 3.85. The van der Waals surface area contributed by atoms with Crippen molar-refractivity contribution in [1.82, 2.24) is 4.90 Å². The van der Waals surface area contributed by atoms with Crippen LogP contribution in [0.1, 0.15) is 18.9 Å². The van der Waals surface area contributed by atoms with Crippen LogP contribution in [0.2, 0.25) is 0 Å². The van der Waals surface area contributed by atoms with Crippen LogP contribution in [-0.4, -0.2) is 42.1 Å². The van der Waals surface area contributed by atoms with E-state index in [2.05, 4.69) is 0 Å². The molecule has 1 amide bonds. The Labute approximate surface area is 123 Å². The molecule has 1 heterocycles. The van der Waals surface area contributed by atoms with E-state index in [0.717, 1.165) is 5.56 Å². The number of ether oxygens (including phenoxy) is 1. The number of carboxylic acids is 1. The van der Waals surface area contributed by atoms with E-state index in [1.165, 1.54) is 6.08 Å². The lowest BCUT2D eigenvalue weighted by molar-refractivity contribution is -0.147. The third-order valence-corrected chi connectivity index (χ3v) is 3.85. The van der Waals surface area contributed by atoms with Crippen molar-refractivity contribution in [2.75, 3.05) is 20.2 Å². The number of hydrogen-bond acceptors (Lipinski definition) is 3. The Morgan fingerprint density at radius 3 is 2.71 bits per heavy atom. The fourth-order valence-electron chi connectivity index (χ4n) is 2.39. The molecule has 1 aliphatic heterocycles. The standard InChI is InChI=1S/C16H19NO4/c1-16(15(19)20)9-10-17(11-16)14(18)8-7-12-5-3-4-6-13(12)21-2/h3-8H,9-11H2,1-2H3,(H,19,20). The number of carboxylic acid groups (broad SMARTS) is 1. The van der Waals surface area contributed by atoms with Crippen LogP contribution in [0.15, 0.2) is 30.3 Å². The summed E-state index contributed by atoms with van der Waals surface area (Å²) in [5, 5.41) is 9.18. The van der Waals surface area contributed by atoms with E-state index in [-0.39, 0.29) is 12.5 Å². The summed E-state index contributed by atoms with van der Waals surface area (Å²) < 4.78 is 5.21. The van der Waals surface area contributed by atoms with Crippen molar-refractivity contribution in [3.63, 3.8) is 0 Å². The monoisotopic (exact) mass is 289 g/mol. The highest BCUT2D eigenvalue weighted by Gasteiger charge is 2.41. The Kier molecular flexibility index (Phi) is 4.31. The van der Waals surface area contributed by atoms with Crippen LogP contribution in [0.25, 0.3) is 6.08 Å². The van der Waals surface area contributed by atoms with Gasteiger partial charge in [-0.15, -0.1) is 0 Å². The highest BCUT2D eigenvalue weighted by Crippen LogP contribution is 2.30. The van der Waals surface area contributed by atoms with Crippen LogP contribution < -0.4 is 4.74 Å². The van der Waals surface area contributed by atoms with Gasteiger partial charge in [-0.05, 0) is 25.5 Å². The highest BCUT2D eigenvalue weighted by molar-refractivity contribution is 5.93. The van der Waals surface area contributed by atoms with Crippen LogP contribution >= 0.6 is 0 Å². The second-order valence-electron chi connectivity index (χ2n) is 5.45. The molecule has 21 heavy (non-hydrogen) atoms. The molecular weight excluding hydrogens is 270 g/mol. The fourth-order valence-corrected chi connectivity index (χ4v) is 2.39. The van der Waals surface area contributed by atoms with Crippen LogP contribution in [0.5, 0.6) is 5.75 Å². The summed E-state index contributed by atoms with van der Waals surface area (Å²) >= 11 is 0. The van der Waals surface area contributed by atoms with Gasteiger partial charge >= 0.3 is 5.97 Å². The molecule has 1 saturated heterocycles. The molecule has 1 aliphatic rings. The average molecular weight is 289 g/mol. The van der Waals surface area contributed by atoms with Gasteiger partial charge < -0.3 is 14.7 Å². The first-order chi connectivity index (χ1) is 9.96. The van der Waals surface area contributed by atoms with Gasteiger partial charge in [-0.1, -0.05) is 18.2 Å². The van der Waals surface area contributed by atoms with E-state index < -0.39 is 11.4 Å². The predicted molar refractivity (Wildman–Crippen MR) is 79.0 cm³/mol. The van der Waals surface area contributed by atoms with Gasteiger partial charge in [0, 0.05) is 24.7 Å². The normalized spacial score (nSPS) is 21.7. The number of rotatable bonds is 4. The maximum atomic E-state index is 12.1. The molecule has 1 unspecified atom stereocenters. The minimum atomic E-state index is -0.855. The lowest BCUT2D eigenvalue weighted by atomic mass is 9.90. The van der Waals surface area contributed by atoms with Crippen molar-refractivity contribution in [2.45, 2.75) is 13.3 Å². The van der Waals surface area contributed by atoms with Gasteiger partial charge in [-0.2, -0.15) is 0 Å². The largest absolute Gasteiger partial charge is 0.496 e. The molecule has 5 nitrogen and oxygen atoms in total. The van der Waals surface area contributed by atoms with Gasteiger partial charge in [-0.3, -0.25) is 9.59 Å². The molecule has 1 aromatic carbocycles. The molecule has 1 fully saturated rings. The van der Waals surface area contributed by atoms with Gasteiger partial charge in [-0.25, -0.2) is 0 Å². The van der Waals surface area contributed by atoms with Crippen molar-refractivity contribution in [3.05, 3.63) is 35.9 Å². The van der Waals surface area contributed by atoms with E-state index in [4.69, 9.17) is 4.74 Å². The molecule has 1 aromatic rings. The summed E-state index contributed by atoms with van der Waals surface area (Å²) in [6.45, 7) is 2.39. The van der Waals surface area contributed by atoms with Gasteiger partial charge in [0.1, 0.15) is 5.75 Å². The minimum Gasteiger partial charge on any atom is -0.496 e. The lowest BCUT2D eigenvalue weighted by Gasteiger charge is -2.19. The molecule has 2 rings (SSSR count). The molecule has 0 radical (unpaired) electrons. The maximum Gasteiger partial charge on any atom is 0.311 e. The zero-order chi connectivity index (χ0) is 15.5. The fraction of sp³-hybridized carbons (Fsp3) is 0.375. The zero-order valence-corrected chi connectivity index (χ0v) is 12.2. The molecular formula is C16H19NO4. The van der Waals surface area contributed by atoms with Crippen molar-refractivity contribution >= 4 is 18.0 Å². The lowest BCUT2D eigenvalue weighted by Crippen LogP contribution is -2.34. The van der Waals surface area contributed by atoms with E-state index in [9.17, 15) is 14.7 Å². The Morgan fingerprint density at radius 2 is 2.10 bits per heavy atom. The maximum absolute atomic E-state index is 12.1. The first-order valence-electron chi connectivity index (χ1n) is 6.80. The number of nitrogens with zero attached hydrogens (tertiary/aromatic N) is 1. The summed E-state index contributed by atoms with van der Waals surface area (Å²) in [4.78, 5) is 24.9. The minimum absolute atomic E-state index is 0.175. The Bertz CT molecular complexity index is 581. The van der Waals surface area contributed by atoms with Crippen molar-refractivity contribution in [2.24, 2.45) is 5.41 Å². The third kappa shape index (κ3) is 3.24. The van der Waals surface area contributed by atoms with E-state index >= 15 is 0 Å². The average Bonchev–Trinajstić information content (AvgIpc) is 2.89. The zero-order valence-electron chi connectivity index (χ0n) is 12.2. The molecule has 5 heteroatoms. The summed E-state index contributed by atoms with van der Waals surface area (Å²) in [5.74, 6) is -0.337. The van der Waals surface area contributed by atoms with Crippen molar-refractivity contribution in [3.8, 4) is 5.75 Å². The second kappa shape index (κ2) is 5.99. The molecule has 0 aliphatic carbocycles. The molecule has 1 N–H and O–H groups in total. The highest BCUT2D eigenvalue weighted by atomic mass is 16.5. The smallest absolute Gasteiger partial charge is 0.311 e. The van der Waals surface area contributed by atoms with Gasteiger partial charge in [0.15, 0.2) is 0 Å². The van der Waals surface area contributed by atoms with Gasteiger partial charge in [0.05, 0.1) is 12.5 Å². The van der Waals surface area contributed by atoms with Crippen LogP contribution in [0.4, 0.5) is 0 Å². The van der Waals surface area contributed by atoms with E-state index in [0.29, 0.717) is 18.7 Å². The topological polar surface area (TPSA) is 66.8 Å². The van der Waals surface area contributed by atoms with E-state index in [1.54, 1.807) is 25.0 Å². The van der Waals surface area contributed by atoms with Crippen LogP contribution in [-0.2, 0) is 9.59 Å². The number of methoxy groups -OCH3 is 1. The summed E-state index contributed by atoms with van der Waals surface area (Å²) in [7, 11) is 1.58. The SMILES string of the molecule is COc1ccccc1C=CC(=O)N1CCC(C)(C(=O)O)C1. The van der Waals surface area contributed by atoms with Crippen LogP contribution in [0.3, 0.4) is 0 Å². The number of likely N-dealkylation sites (tertiary alicyclic amines) is 1. The van der Waals surface area contributed by atoms with Crippen molar-refractivity contribution < 1.29 is 19.4 Å². The number of carbonyl (C=O) groups is 2. The second-order valence-corrected chi connectivity index (χ2v) is 5.45. The van der Waals surface area contributed by atoms with E-state index in [1.807, 2.05) is 24.3 Å². The summed E-state index contributed by atoms with van der Waals surface area (Å²) in [5.41, 5.74) is -0.0259. The molecule has 112 valence electrons. The van der Waals surface area contributed by atoms with Crippen molar-refractivity contribution in [1.29, 1.82) is 0 Å². The Balaban J connectivity index is 2.06. The quantitative estimate of drug-likeness (QED) is 0.861. The predicted octanol–water partition coefficient (Wildman–Crippen LogP) is 2.03. The number of hydrogen-bond donors (Lipinski definition) is 1. The van der Waals surface area contributed by atoms with Gasteiger partial charge in [0.25, 0.3) is 0 Å². The number of benzene rings is 1. The van der Waals surface area contributed by atoms with Gasteiger partial charge in [0.2, 0.25) is 5.91 Å². The molecule has 0 bridgehead atoms. The molecule has 0 spiro atoms. The number of para-hydroxylation sites is 1. The molecule has 0 saturated carbocycles. The summed E-state index contributed by atoms with van der Waals surface area (Å²) in [6.07, 6.45) is 3.64. The number of carbonyl (C=O) groups excluding carboxylic acids is 1. The van der Waals surface area contributed by atoms with Crippen LogP contribution in [0, 0.1) is 5.41 Å². The number of aliphatic carboxylic acids is 1. The Morgan fingerprint density at radius 1 is 1.38 bits per heavy atom.